The normalized spacial score (nSPS) is 10.2. The predicted molar refractivity (Wildman–Crippen MR) is 64.5 cm³/mol. The molecule has 17 heavy (non-hydrogen) atoms. The SMILES string of the molecule is Cc1cccc(OCc2nc(C)nc(N)n2)c1. The molecule has 0 aliphatic heterocycles. The van der Waals surface area contributed by atoms with Crippen LogP contribution in [0.3, 0.4) is 0 Å². The van der Waals surface area contributed by atoms with E-state index < -0.39 is 0 Å². The quantitative estimate of drug-likeness (QED) is 0.867. The van der Waals surface area contributed by atoms with Crippen LogP contribution in [0.2, 0.25) is 0 Å². The minimum Gasteiger partial charge on any atom is -0.486 e. The molecule has 2 N–H and O–H groups in total. The first-order valence-electron chi connectivity index (χ1n) is 5.30. The molecule has 0 aliphatic rings. The van der Waals surface area contributed by atoms with Gasteiger partial charge in [0.05, 0.1) is 0 Å². The van der Waals surface area contributed by atoms with E-state index in [1.165, 1.54) is 0 Å². The lowest BCUT2D eigenvalue weighted by Crippen LogP contribution is -2.07. The standard InChI is InChI=1S/C12H14N4O/c1-8-4-3-5-10(6-8)17-7-11-14-9(2)15-12(13)16-11/h3-6H,7H2,1-2H3,(H2,13,14,15,16). The highest BCUT2D eigenvalue weighted by molar-refractivity contribution is 5.27. The zero-order valence-electron chi connectivity index (χ0n) is 9.84. The van der Waals surface area contributed by atoms with E-state index in [9.17, 15) is 0 Å². The van der Waals surface area contributed by atoms with Crippen LogP contribution in [0.15, 0.2) is 24.3 Å². The molecule has 5 nitrogen and oxygen atoms in total. The van der Waals surface area contributed by atoms with Crippen LogP contribution in [0.25, 0.3) is 0 Å². The highest BCUT2D eigenvalue weighted by Crippen LogP contribution is 2.13. The third-order valence-electron chi connectivity index (χ3n) is 2.17. The van der Waals surface area contributed by atoms with E-state index in [4.69, 9.17) is 10.5 Å². The summed E-state index contributed by atoms with van der Waals surface area (Å²) in [4.78, 5) is 12.0. The van der Waals surface area contributed by atoms with Crippen molar-refractivity contribution in [1.82, 2.24) is 15.0 Å². The molecule has 1 aromatic heterocycles. The molecule has 0 fully saturated rings. The van der Waals surface area contributed by atoms with Gasteiger partial charge in [-0.05, 0) is 31.5 Å². The second kappa shape index (κ2) is 4.78. The first kappa shape index (κ1) is 11.3. The van der Waals surface area contributed by atoms with E-state index in [1.54, 1.807) is 6.92 Å². The van der Waals surface area contributed by atoms with E-state index in [-0.39, 0.29) is 12.6 Å². The number of ether oxygens (including phenoxy) is 1. The smallest absolute Gasteiger partial charge is 0.223 e. The van der Waals surface area contributed by atoms with E-state index in [0.29, 0.717) is 11.6 Å². The zero-order chi connectivity index (χ0) is 12.3. The minimum absolute atomic E-state index is 0.223. The van der Waals surface area contributed by atoms with Crippen molar-refractivity contribution in [2.24, 2.45) is 0 Å². The summed E-state index contributed by atoms with van der Waals surface area (Å²) < 4.78 is 5.57. The van der Waals surface area contributed by atoms with Gasteiger partial charge >= 0.3 is 0 Å². The van der Waals surface area contributed by atoms with Crippen LogP contribution in [-0.2, 0) is 6.61 Å². The average Bonchev–Trinajstić information content (AvgIpc) is 2.25. The third-order valence-corrected chi connectivity index (χ3v) is 2.17. The first-order valence-corrected chi connectivity index (χ1v) is 5.30. The number of hydrogen-bond acceptors (Lipinski definition) is 5. The van der Waals surface area contributed by atoms with Crippen LogP contribution >= 0.6 is 0 Å². The molecular weight excluding hydrogens is 216 g/mol. The molecule has 88 valence electrons. The summed E-state index contributed by atoms with van der Waals surface area (Å²) in [5.74, 6) is 2.15. The number of nitrogens with zero attached hydrogens (tertiary/aromatic N) is 3. The monoisotopic (exact) mass is 230 g/mol. The number of rotatable bonds is 3. The van der Waals surface area contributed by atoms with Crippen LogP contribution < -0.4 is 10.5 Å². The third kappa shape index (κ3) is 3.14. The maximum absolute atomic E-state index is 5.57. The number of benzene rings is 1. The van der Waals surface area contributed by atoms with Crippen molar-refractivity contribution in [3.8, 4) is 5.75 Å². The van der Waals surface area contributed by atoms with Crippen molar-refractivity contribution < 1.29 is 4.74 Å². The molecule has 0 saturated carbocycles. The summed E-state index contributed by atoms with van der Waals surface area (Å²) in [6.07, 6.45) is 0. The Morgan fingerprint density at radius 2 is 2.00 bits per heavy atom. The van der Waals surface area contributed by atoms with Crippen LogP contribution in [0.5, 0.6) is 5.75 Å². The Bertz CT molecular complexity index is 507. The largest absolute Gasteiger partial charge is 0.486 e. The lowest BCUT2D eigenvalue weighted by Gasteiger charge is -2.06. The van der Waals surface area contributed by atoms with Crippen LogP contribution in [-0.4, -0.2) is 15.0 Å². The van der Waals surface area contributed by atoms with Gasteiger partial charge in [-0.3, -0.25) is 0 Å². The molecule has 0 bridgehead atoms. The fourth-order valence-electron chi connectivity index (χ4n) is 1.48. The summed E-state index contributed by atoms with van der Waals surface area (Å²) in [6.45, 7) is 4.07. The molecule has 0 unspecified atom stereocenters. The van der Waals surface area contributed by atoms with Gasteiger partial charge in [0, 0.05) is 0 Å². The van der Waals surface area contributed by atoms with Gasteiger partial charge in [-0.15, -0.1) is 0 Å². The van der Waals surface area contributed by atoms with Gasteiger partial charge in [-0.2, -0.15) is 9.97 Å². The Morgan fingerprint density at radius 1 is 1.18 bits per heavy atom. The van der Waals surface area contributed by atoms with Gasteiger partial charge in [0.15, 0.2) is 5.82 Å². The van der Waals surface area contributed by atoms with Crippen LogP contribution in [0, 0.1) is 13.8 Å². The van der Waals surface area contributed by atoms with Crippen LogP contribution in [0.1, 0.15) is 17.2 Å². The fraction of sp³-hybridized carbons (Fsp3) is 0.250. The summed E-state index contributed by atoms with van der Waals surface area (Å²) in [5.41, 5.74) is 6.68. The summed E-state index contributed by atoms with van der Waals surface area (Å²) in [5, 5.41) is 0. The number of hydrogen-bond donors (Lipinski definition) is 1. The van der Waals surface area contributed by atoms with Gasteiger partial charge < -0.3 is 10.5 Å². The molecule has 2 rings (SSSR count). The Balaban J connectivity index is 2.07. The summed E-state index contributed by atoms with van der Waals surface area (Å²) in [7, 11) is 0. The zero-order valence-corrected chi connectivity index (χ0v) is 9.84. The summed E-state index contributed by atoms with van der Waals surface area (Å²) >= 11 is 0. The lowest BCUT2D eigenvalue weighted by atomic mass is 10.2. The maximum atomic E-state index is 5.57. The predicted octanol–water partition coefficient (Wildman–Crippen LogP) is 1.65. The molecule has 0 atom stereocenters. The topological polar surface area (TPSA) is 73.9 Å². The average molecular weight is 230 g/mol. The number of anilines is 1. The molecule has 0 aliphatic carbocycles. The molecule has 1 heterocycles. The molecular formula is C12H14N4O. The Labute approximate surface area is 99.7 Å². The van der Waals surface area contributed by atoms with Gasteiger partial charge in [-0.1, -0.05) is 12.1 Å². The van der Waals surface area contributed by atoms with E-state index in [1.807, 2.05) is 31.2 Å². The van der Waals surface area contributed by atoms with Crippen molar-refractivity contribution in [3.05, 3.63) is 41.5 Å². The molecule has 0 amide bonds. The van der Waals surface area contributed by atoms with Crippen molar-refractivity contribution >= 4 is 5.95 Å². The molecule has 0 saturated heterocycles. The van der Waals surface area contributed by atoms with Gasteiger partial charge in [0.2, 0.25) is 5.95 Å². The first-order chi connectivity index (χ1) is 8.13. The molecule has 5 heteroatoms. The number of aromatic nitrogens is 3. The molecule has 2 aromatic rings. The van der Waals surface area contributed by atoms with Gasteiger partial charge in [0.25, 0.3) is 0 Å². The highest BCUT2D eigenvalue weighted by Gasteiger charge is 2.02. The highest BCUT2D eigenvalue weighted by atomic mass is 16.5. The molecule has 0 radical (unpaired) electrons. The maximum Gasteiger partial charge on any atom is 0.223 e. The fourth-order valence-corrected chi connectivity index (χ4v) is 1.48. The van der Waals surface area contributed by atoms with Gasteiger partial charge in [-0.25, -0.2) is 4.98 Å². The molecule has 0 spiro atoms. The van der Waals surface area contributed by atoms with Gasteiger partial charge in [0.1, 0.15) is 18.2 Å². The van der Waals surface area contributed by atoms with Crippen molar-refractivity contribution in [2.75, 3.05) is 5.73 Å². The Kier molecular flexibility index (Phi) is 3.18. The van der Waals surface area contributed by atoms with E-state index in [2.05, 4.69) is 15.0 Å². The Hall–Kier alpha value is -2.17. The van der Waals surface area contributed by atoms with Crippen molar-refractivity contribution in [3.63, 3.8) is 0 Å². The Morgan fingerprint density at radius 3 is 2.71 bits per heavy atom. The van der Waals surface area contributed by atoms with Crippen molar-refractivity contribution in [1.29, 1.82) is 0 Å². The number of aryl methyl sites for hydroxylation is 2. The second-order valence-corrected chi connectivity index (χ2v) is 3.76. The number of nitrogen functional groups attached to an aromatic ring is 1. The van der Waals surface area contributed by atoms with Crippen LogP contribution in [0.4, 0.5) is 5.95 Å². The lowest BCUT2D eigenvalue weighted by molar-refractivity contribution is 0.295. The summed E-state index contributed by atoms with van der Waals surface area (Å²) in [6, 6.07) is 7.80. The van der Waals surface area contributed by atoms with E-state index >= 15 is 0 Å². The minimum atomic E-state index is 0.223. The number of nitrogens with two attached hydrogens (primary N) is 1. The second-order valence-electron chi connectivity index (χ2n) is 3.76. The van der Waals surface area contributed by atoms with E-state index in [0.717, 1.165) is 11.3 Å². The molecule has 1 aromatic carbocycles. The van der Waals surface area contributed by atoms with Crippen molar-refractivity contribution in [2.45, 2.75) is 20.5 Å².